The normalized spacial score (nSPS) is 23.8. The van der Waals surface area contributed by atoms with E-state index >= 15 is 4.39 Å². The molecule has 0 aliphatic carbocycles. The van der Waals surface area contributed by atoms with Crippen LogP contribution in [0.2, 0.25) is 0 Å². The van der Waals surface area contributed by atoms with E-state index in [-0.39, 0.29) is 47.0 Å². The molecule has 4 saturated heterocycles. The zero-order valence-corrected chi connectivity index (χ0v) is 31.7. The SMILES string of the molecule is Cc1c(N2CCC3(CCN(C(=O)c4ccc([C@H]5C[C@@H](Nc6cnn(C)c(=O)c6Br)CN(C)C5)cc4)CC3)CC2)ccc(C2CCC(=O)NC2=O)c1F. The highest BCUT2D eigenvalue weighted by Gasteiger charge is 2.39. The van der Waals surface area contributed by atoms with Gasteiger partial charge in [0.1, 0.15) is 10.3 Å². The molecule has 7 rings (SSSR count). The zero-order valence-electron chi connectivity index (χ0n) is 30.1. The van der Waals surface area contributed by atoms with Gasteiger partial charge in [0, 0.05) is 81.2 Å². The number of likely N-dealkylation sites (N-methyl/N-ethyl adjacent to an activating group) is 1. The lowest BCUT2D eigenvalue weighted by atomic mass is 9.71. The molecule has 1 unspecified atom stereocenters. The summed E-state index contributed by atoms with van der Waals surface area (Å²) in [6.07, 6.45) is 7.00. The van der Waals surface area contributed by atoms with E-state index in [2.05, 4.69) is 60.6 Å². The van der Waals surface area contributed by atoms with Gasteiger partial charge in [-0.3, -0.25) is 24.5 Å². The minimum atomic E-state index is -0.642. The van der Waals surface area contributed by atoms with Crippen LogP contribution in [0.15, 0.2) is 51.9 Å². The predicted molar refractivity (Wildman–Crippen MR) is 201 cm³/mol. The monoisotopic (exact) mass is 775 g/mol. The summed E-state index contributed by atoms with van der Waals surface area (Å²) in [5, 5.41) is 10.0. The Labute approximate surface area is 312 Å². The standard InChI is InChI=1S/C39H47BrFN7O4/c1-24-32(10-8-29(35(24)41)30-9-11-33(49)44-36(30)50)47-16-12-39(13-17-47)14-18-48(19-15-39)37(51)26-6-4-25(5-7-26)27-20-28(23-45(2)22-27)43-31-21-42-46(3)38(52)34(31)40/h4-8,10,21,27-28,30,43H,9,11-20,22-23H2,1-3H3,(H,44,49,50)/t27-,28+,30?/m0/s1. The van der Waals surface area contributed by atoms with Crippen molar-refractivity contribution in [3.8, 4) is 0 Å². The smallest absolute Gasteiger partial charge is 0.282 e. The van der Waals surface area contributed by atoms with Gasteiger partial charge >= 0.3 is 0 Å². The van der Waals surface area contributed by atoms with E-state index in [1.807, 2.05) is 23.1 Å². The van der Waals surface area contributed by atoms with Crippen molar-refractivity contribution in [2.75, 3.05) is 56.5 Å². The molecule has 4 aliphatic heterocycles. The van der Waals surface area contributed by atoms with Crippen LogP contribution in [0.5, 0.6) is 0 Å². The molecule has 1 aromatic heterocycles. The summed E-state index contributed by atoms with van der Waals surface area (Å²) in [5.74, 6) is -1.38. The van der Waals surface area contributed by atoms with Crippen molar-refractivity contribution >= 4 is 45.0 Å². The number of carbonyl (C=O) groups excluding carboxylic acids is 3. The number of anilines is 2. The maximum Gasteiger partial charge on any atom is 0.282 e. The lowest BCUT2D eigenvalue weighted by Crippen LogP contribution is -2.48. The Morgan fingerprint density at radius 1 is 0.981 bits per heavy atom. The number of imide groups is 1. The average Bonchev–Trinajstić information content (AvgIpc) is 3.14. The van der Waals surface area contributed by atoms with Gasteiger partial charge in [-0.1, -0.05) is 18.2 Å². The van der Waals surface area contributed by atoms with Gasteiger partial charge in [-0.25, -0.2) is 9.07 Å². The molecule has 2 N–H and O–H groups in total. The number of piperidine rings is 4. The number of carbonyl (C=O) groups is 3. The number of likely N-dealkylation sites (tertiary alicyclic amines) is 2. The molecule has 3 atom stereocenters. The van der Waals surface area contributed by atoms with Gasteiger partial charge < -0.3 is 20.0 Å². The number of rotatable bonds is 6. The number of hydrogen-bond acceptors (Lipinski definition) is 8. The van der Waals surface area contributed by atoms with Crippen molar-refractivity contribution in [3.05, 3.63) is 85.5 Å². The molecule has 3 amide bonds. The summed E-state index contributed by atoms with van der Waals surface area (Å²) >= 11 is 3.42. The molecule has 0 radical (unpaired) electrons. The van der Waals surface area contributed by atoms with Crippen molar-refractivity contribution in [2.24, 2.45) is 12.5 Å². The summed E-state index contributed by atoms with van der Waals surface area (Å²) in [7, 11) is 3.73. The number of halogens is 2. The van der Waals surface area contributed by atoms with Gasteiger partial charge in [-0.15, -0.1) is 0 Å². The molecule has 4 aliphatic rings. The first-order valence-electron chi connectivity index (χ1n) is 18.3. The fourth-order valence-electron chi connectivity index (χ4n) is 8.78. The highest BCUT2D eigenvalue weighted by Crippen LogP contribution is 2.43. The molecule has 5 heterocycles. The van der Waals surface area contributed by atoms with E-state index in [0.29, 0.717) is 33.3 Å². The van der Waals surface area contributed by atoms with Crippen LogP contribution in [0.1, 0.15) is 83.8 Å². The fourth-order valence-corrected chi connectivity index (χ4v) is 9.25. The van der Waals surface area contributed by atoms with Gasteiger partial charge in [-0.05, 0) is 104 Å². The maximum atomic E-state index is 15.6. The van der Waals surface area contributed by atoms with E-state index in [1.54, 1.807) is 26.2 Å². The topological polar surface area (TPSA) is 120 Å². The Bertz CT molecular complexity index is 1920. The molecule has 52 heavy (non-hydrogen) atoms. The summed E-state index contributed by atoms with van der Waals surface area (Å²) in [6, 6.07) is 11.9. The summed E-state index contributed by atoms with van der Waals surface area (Å²) < 4.78 is 17.4. The summed E-state index contributed by atoms with van der Waals surface area (Å²) in [5.41, 5.74) is 4.36. The van der Waals surface area contributed by atoms with Crippen molar-refractivity contribution < 1.29 is 18.8 Å². The van der Waals surface area contributed by atoms with Gasteiger partial charge in [-0.2, -0.15) is 5.10 Å². The van der Waals surface area contributed by atoms with Crippen LogP contribution in [0.3, 0.4) is 0 Å². The first-order valence-corrected chi connectivity index (χ1v) is 19.1. The molecule has 276 valence electrons. The van der Waals surface area contributed by atoms with E-state index in [4.69, 9.17) is 0 Å². The number of amides is 3. The van der Waals surface area contributed by atoms with Crippen molar-refractivity contribution in [2.45, 2.75) is 69.7 Å². The summed E-state index contributed by atoms with van der Waals surface area (Å²) in [4.78, 5) is 56.5. The number of aromatic nitrogens is 2. The molecule has 13 heteroatoms. The Morgan fingerprint density at radius 2 is 1.67 bits per heavy atom. The molecule has 4 fully saturated rings. The van der Waals surface area contributed by atoms with Crippen LogP contribution in [-0.4, -0.2) is 89.7 Å². The fraction of sp³-hybridized carbons (Fsp3) is 0.513. The maximum absolute atomic E-state index is 15.6. The number of aryl methyl sites for hydroxylation is 1. The zero-order chi connectivity index (χ0) is 36.7. The Morgan fingerprint density at radius 3 is 2.37 bits per heavy atom. The molecule has 3 aromatic rings. The second-order valence-corrected chi connectivity index (χ2v) is 16.1. The average molecular weight is 777 g/mol. The van der Waals surface area contributed by atoms with Crippen LogP contribution < -0.4 is 21.1 Å². The molecule has 0 saturated carbocycles. The van der Waals surface area contributed by atoms with Crippen LogP contribution in [-0.2, 0) is 16.6 Å². The quantitative estimate of drug-likeness (QED) is 0.339. The minimum absolute atomic E-state index is 0.0735. The largest absolute Gasteiger partial charge is 0.379 e. The molecular formula is C39H47BrFN7O4. The van der Waals surface area contributed by atoms with Crippen LogP contribution in [0.25, 0.3) is 0 Å². The minimum Gasteiger partial charge on any atom is -0.379 e. The van der Waals surface area contributed by atoms with Crippen molar-refractivity contribution in [3.63, 3.8) is 0 Å². The van der Waals surface area contributed by atoms with Crippen LogP contribution >= 0.6 is 15.9 Å². The number of nitrogens with zero attached hydrogens (tertiary/aromatic N) is 5. The lowest BCUT2D eigenvalue weighted by Gasteiger charge is -2.47. The number of nitrogens with one attached hydrogen (secondary N) is 2. The lowest BCUT2D eigenvalue weighted by molar-refractivity contribution is -0.134. The second kappa shape index (κ2) is 14.7. The van der Waals surface area contributed by atoms with Gasteiger partial charge in [0.15, 0.2) is 0 Å². The third-order valence-corrected chi connectivity index (χ3v) is 12.7. The van der Waals surface area contributed by atoms with E-state index in [0.717, 1.165) is 77.1 Å². The number of benzene rings is 2. The van der Waals surface area contributed by atoms with E-state index in [9.17, 15) is 19.2 Å². The molecule has 1 spiro atoms. The summed E-state index contributed by atoms with van der Waals surface area (Å²) in [6.45, 7) is 6.62. The van der Waals surface area contributed by atoms with Crippen molar-refractivity contribution in [1.29, 1.82) is 0 Å². The highest BCUT2D eigenvalue weighted by molar-refractivity contribution is 9.10. The van der Waals surface area contributed by atoms with Crippen molar-refractivity contribution in [1.82, 2.24) is 24.9 Å². The third kappa shape index (κ3) is 7.26. The highest BCUT2D eigenvalue weighted by atomic mass is 79.9. The third-order valence-electron chi connectivity index (χ3n) is 12.0. The number of hydrogen-bond donors (Lipinski definition) is 2. The molecular weight excluding hydrogens is 729 g/mol. The molecule has 0 bridgehead atoms. The Balaban J connectivity index is 0.923. The van der Waals surface area contributed by atoms with Gasteiger partial charge in [0.25, 0.3) is 11.5 Å². The predicted octanol–water partition coefficient (Wildman–Crippen LogP) is 4.93. The molecule has 11 nitrogen and oxygen atoms in total. The Kier molecular flexibility index (Phi) is 10.3. The van der Waals surface area contributed by atoms with Crippen LogP contribution in [0.4, 0.5) is 15.8 Å². The van der Waals surface area contributed by atoms with E-state index < -0.39 is 11.8 Å². The first kappa shape index (κ1) is 36.3. The van der Waals surface area contributed by atoms with E-state index in [1.165, 1.54) is 10.2 Å². The molecule has 2 aromatic carbocycles. The second-order valence-electron chi connectivity index (χ2n) is 15.3. The van der Waals surface area contributed by atoms with Crippen LogP contribution in [0, 0.1) is 18.2 Å². The Hall–Kier alpha value is -4.10. The van der Waals surface area contributed by atoms with Gasteiger partial charge in [0.2, 0.25) is 11.8 Å². The first-order chi connectivity index (χ1) is 24.9. The van der Waals surface area contributed by atoms with Gasteiger partial charge in [0.05, 0.1) is 17.8 Å².